The Morgan fingerprint density at radius 2 is 1.04 bits per heavy atom. The minimum Gasteiger partial charge on any atom is -0.464 e. The SMILES string of the molecule is c1coc(-c2cccc3cc4cc5cc6ccccc6cc5cc4cc23)c1. The van der Waals surface area contributed by atoms with Gasteiger partial charge in [0.2, 0.25) is 0 Å². The van der Waals surface area contributed by atoms with Crippen LogP contribution in [0.15, 0.2) is 102 Å². The first-order valence-electron chi connectivity index (χ1n) is 9.18. The third kappa shape index (κ3) is 2.25. The first-order valence-corrected chi connectivity index (χ1v) is 9.18. The molecule has 0 fully saturated rings. The van der Waals surface area contributed by atoms with E-state index in [2.05, 4.69) is 78.9 Å². The van der Waals surface area contributed by atoms with E-state index < -0.39 is 0 Å². The van der Waals surface area contributed by atoms with Crippen molar-refractivity contribution in [3.8, 4) is 11.3 Å². The van der Waals surface area contributed by atoms with Gasteiger partial charge in [-0.2, -0.15) is 0 Å². The van der Waals surface area contributed by atoms with Crippen LogP contribution in [0.3, 0.4) is 0 Å². The van der Waals surface area contributed by atoms with Gasteiger partial charge >= 0.3 is 0 Å². The molecule has 1 heteroatoms. The third-order valence-corrected chi connectivity index (χ3v) is 5.44. The van der Waals surface area contributed by atoms with Gasteiger partial charge in [-0.25, -0.2) is 0 Å². The highest BCUT2D eigenvalue weighted by Gasteiger charge is 2.08. The number of furan rings is 1. The van der Waals surface area contributed by atoms with Crippen molar-refractivity contribution in [1.29, 1.82) is 0 Å². The second-order valence-corrected chi connectivity index (χ2v) is 7.10. The fourth-order valence-electron chi connectivity index (χ4n) is 4.12. The Morgan fingerprint density at radius 3 is 1.70 bits per heavy atom. The quantitative estimate of drug-likeness (QED) is 0.280. The minimum absolute atomic E-state index is 0.909. The molecule has 0 aliphatic rings. The Hall–Kier alpha value is -3.58. The van der Waals surface area contributed by atoms with E-state index in [-0.39, 0.29) is 0 Å². The van der Waals surface area contributed by atoms with Crippen LogP contribution in [0, 0.1) is 0 Å². The smallest absolute Gasteiger partial charge is 0.134 e. The number of fused-ring (bicyclic) bond motifs is 4. The molecule has 1 heterocycles. The predicted molar refractivity (Wildman–Crippen MR) is 114 cm³/mol. The molecule has 6 rings (SSSR count). The minimum atomic E-state index is 0.909. The summed E-state index contributed by atoms with van der Waals surface area (Å²) in [5.74, 6) is 0.909. The van der Waals surface area contributed by atoms with E-state index in [9.17, 15) is 0 Å². The lowest BCUT2D eigenvalue weighted by atomic mass is 9.95. The van der Waals surface area contributed by atoms with Gasteiger partial charge in [-0.05, 0) is 91.6 Å². The summed E-state index contributed by atoms with van der Waals surface area (Å²) in [7, 11) is 0. The summed E-state index contributed by atoms with van der Waals surface area (Å²) in [6.45, 7) is 0. The van der Waals surface area contributed by atoms with Gasteiger partial charge in [0, 0.05) is 5.56 Å². The van der Waals surface area contributed by atoms with E-state index in [0.717, 1.165) is 11.3 Å². The van der Waals surface area contributed by atoms with Crippen molar-refractivity contribution in [3.05, 3.63) is 97.3 Å². The maximum atomic E-state index is 5.66. The Labute approximate surface area is 156 Å². The van der Waals surface area contributed by atoms with Crippen molar-refractivity contribution in [2.45, 2.75) is 0 Å². The second-order valence-electron chi connectivity index (χ2n) is 7.10. The van der Waals surface area contributed by atoms with Crippen LogP contribution in [0.25, 0.3) is 54.4 Å². The lowest BCUT2D eigenvalue weighted by Gasteiger charge is -2.09. The van der Waals surface area contributed by atoms with Gasteiger partial charge in [0.15, 0.2) is 0 Å². The average molecular weight is 344 g/mol. The lowest BCUT2D eigenvalue weighted by Crippen LogP contribution is -1.83. The van der Waals surface area contributed by atoms with Crippen molar-refractivity contribution in [2.75, 3.05) is 0 Å². The molecule has 5 aromatic carbocycles. The zero-order valence-corrected chi connectivity index (χ0v) is 14.6. The van der Waals surface area contributed by atoms with Crippen LogP contribution in [-0.2, 0) is 0 Å². The zero-order valence-electron chi connectivity index (χ0n) is 14.6. The normalized spacial score (nSPS) is 11.7. The highest BCUT2D eigenvalue weighted by molar-refractivity contribution is 6.10. The fraction of sp³-hybridized carbons (Fsp3) is 0. The third-order valence-electron chi connectivity index (χ3n) is 5.44. The molecule has 0 saturated heterocycles. The lowest BCUT2D eigenvalue weighted by molar-refractivity contribution is 0.583. The number of hydrogen-bond donors (Lipinski definition) is 0. The van der Waals surface area contributed by atoms with Gasteiger partial charge in [-0.3, -0.25) is 0 Å². The van der Waals surface area contributed by atoms with E-state index >= 15 is 0 Å². The molecular formula is C26H16O. The molecule has 0 aliphatic heterocycles. The Morgan fingerprint density at radius 1 is 0.444 bits per heavy atom. The second kappa shape index (κ2) is 5.46. The largest absolute Gasteiger partial charge is 0.464 e. The molecule has 126 valence electrons. The summed E-state index contributed by atoms with van der Waals surface area (Å²) in [6.07, 6.45) is 1.73. The van der Waals surface area contributed by atoms with Gasteiger partial charge in [0.05, 0.1) is 6.26 Å². The van der Waals surface area contributed by atoms with E-state index in [4.69, 9.17) is 4.42 Å². The Kier molecular flexibility index (Phi) is 2.95. The molecular weight excluding hydrogens is 328 g/mol. The molecule has 0 aliphatic carbocycles. The molecule has 0 atom stereocenters. The first-order chi connectivity index (χ1) is 13.3. The summed E-state index contributed by atoms with van der Waals surface area (Å²) in [6, 6.07) is 32.6. The van der Waals surface area contributed by atoms with Crippen molar-refractivity contribution in [2.24, 2.45) is 0 Å². The summed E-state index contributed by atoms with van der Waals surface area (Å²) >= 11 is 0. The number of benzene rings is 5. The molecule has 1 aromatic heterocycles. The average Bonchev–Trinajstić information content (AvgIpc) is 3.23. The summed E-state index contributed by atoms with van der Waals surface area (Å²) < 4.78 is 5.66. The van der Waals surface area contributed by atoms with Gasteiger partial charge < -0.3 is 4.42 Å². The van der Waals surface area contributed by atoms with Crippen LogP contribution >= 0.6 is 0 Å². The van der Waals surface area contributed by atoms with Crippen LogP contribution in [0.1, 0.15) is 0 Å². The molecule has 0 N–H and O–H groups in total. The molecule has 6 aromatic rings. The zero-order chi connectivity index (χ0) is 17.8. The van der Waals surface area contributed by atoms with Gasteiger partial charge in [-0.15, -0.1) is 0 Å². The predicted octanol–water partition coefficient (Wildman–Crippen LogP) is 7.56. The van der Waals surface area contributed by atoms with Crippen LogP contribution in [0.4, 0.5) is 0 Å². The van der Waals surface area contributed by atoms with Crippen molar-refractivity contribution in [3.63, 3.8) is 0 Å². The van der Waals surface area contributed by atoms with Crippen LogP contribution < -0.4 is 0 Å². The van der Waals surface area contributed by atoms with Gasteiger partial charge in [0.25, 0.3) is 0 Å². The molecule has 27 heavy (non-hydrogen) atoms. The van der Waals surface area contributed by atoms with Crippen LogP contribution in [0.2, 0.25) is 0 Å². The maximum Gasteiger partial charge on any atom is 0.134 e. The molecule has 0 amide bonds. The summed E-state index contributed by atoms with van der Waals surface area (Å²) in [4.78, 5) is 0. The summed E-state index contributed by atoms with van der Waals surface area (Å²) in [5, 5.41) is 10.1. The van der Waals surface area contributed by atoms with Gasteiger partial charge in [-0.1, -0.05) is 42.5 Å². The topological polar surface area (TPSA) is 13.1 Å². The fourth-order valence-corrected chi connectivity index (χ4v) is 4.12. The van der Waals surface area contributed by atoms with E-state index in [1.807, 2.05) is 12.1 Å². The number of hydrogen-bond acceptors (Lipinski definition) is 1. The van der Waals surface area contributed by atoms with Crippen molar-refractivity contribution < 1.29 is 4.42 Å². The molecule has 0 spiro atoms. The van der Waals surface area contributed by atoms with Crippen LogP contribution in [-0.4, -0.2) is 0 Å². The number of rotatable bonds is 1. The Balaban J connectivity index is 1.70. The molecule has 1 nitrogen and oxygen atoms in total. The van der Waals surface area contributed by atoms with E-state index in [0.29, 0.717) is 0 Å². The molecule has 0 unspecified atom stereocenters. The highest BCUT2D eigenvalue weighted by Crippen LogP contribution is 2.34. The highest BCUT2D eigenvalue weighted by atomic mass is 16.3. The Bertz CT molecular complexity index is 1460. The molecule has 0 saturated carbocycles. The first kappa shape index (κ1) is 14.6. The van der Waals surface area contributed by atoms with Gasteiger partial charge in [0.1, 0.15) is 5.76 Å². The molecule has 0 radical (unpaired) electrons. The van der Waals surface area contributed by atoms with Crippen molar-refractivity contribution in [1.82, 2.24) is 0 Å². The standard InChI is InChI=1S/C26H16O/c1-2-6-18-12-21-15-23-16-25-19(7-3-8-24(25)26-9-4-10-27-26)13-22(23)14-20(21)11-17(18)5-1/h1-16H. The summed E-state index contributed by atoms with van der Waals surface area (Å²) in [5.41, 5.74) is 1.14. The van der Waals surface area contributed by atoms with Crippen LogP contribution in [0.5, 0.6) is 0 Å². The van der Waals surface area contributed by atoms with E-state index in [1.54, 1.807) is 6.26 Å². The monoisotopic (exact) mass is 344 g/mol. The van der Waals surface area contributed by atoms with Crippen molar-refractivity contribution >= 4 is 43.1 Å². The van der Waals surface area contributed by atoms with E-state index in [1.165, 1.54) is 43.1 Å². The maximum absolute atomic E-state index is 5.66. The molecule has 0 bridgehead atoms.